The summed E-state index contributed by atoms with van der Waals surface area (Å²) in [5.74, 6) is 0.880. The van der Waals surface area contributed by atoms with Crippen LogP contribution < -0.4 is 10.1 Å². The van der Waals surface area contributed by atoms with Crippen molar-refractivity contribution in [3.63, 3.8) is 0 Å². The lowest BCUT2D eigenvalue weighted by atomic mass is 10.1. The molecular formula is C16H16ClNO. The molecule has 0 fully saturated rings. The third-order valence-corrected chi connectivity index (χ3v) is 3.85. The first-order valence-electron chi connectivity index (χ1n) is 6.46. The van der Waals surface area contributed by atoms with Gasteiger partial charge in [-0.05, 0) is 48.2 Å². The first kappa shape index (κ1) is 12.4. The van der Waals surface area contributed by atoms with Gasteiger partial charge in [-0.25, -0.2) is 0 Å². The Morgan fingerprint density at radius 1 is 1.21 bits per heavy atom. The third kappa shape index (κ3) is 2.41. The molecule has 2 nitrogen and oxygen atoms in total. The number of halogens is 1. The molecule has 1 N–H and O–H groups in total. The predicted octanol–water partition coefficient (Wildman–Crippen LogP) is 4.45. The molecule has 0 aromatic heterocycles. The van der Waals surface area contributed by atoms with Crippen LogP contribution in [0, 0.1) is 0 Å². The molecule has 2 aromatic rings. The van der Waals surface area contributed by atoms with Crippen LogP contribution in [0.25, 0.3) is 0 Å². The molecule has 1 aliphatic carbocycles. The average Bonchev–Trinajstić information content (AvgIpc) is 2.82. The summed E-state index contributed by atoms with van der Waals surface area (Å²) in [5, 5.41) is 4.38. The highest BCUT2D eigenvalue weighted by Crippen LogP contribution is 2.37. The largest absolute Gasteiger partial charge is 0.495 e. The van der Waals surface area contributed by atoms with Crippen molar-refractivity contribution in [3.05, 3.63) is 58.6 Å². The van der Waals surface area contributed by atoms with Crippen LogP contribution in [0.5, 0.6) is 5.75 Å². The van der Waals surface area contributed by atoms with E-state index in [2.05, 4.69) is 17.4 Å². The van der Waals surface area contributed by atoms with E-state index >= 15 is 0 Å². The van der Waals surface area contributed by atoms with Crippen molar-refractivity contribution in [2.75, 3.05) is 12.4 Å². The zero-order valence-corrected chi connectivity index (χ0v) is 11.6. The van der Waals surface area contributed by atoms with E-state index in [0.29, 0.717) is 6.04 Å². The number of rotatable bonds is 3. The lowest BCUT2D eigenvalue weighted by molar-refractivity contribution is 0.416. The van der Waals surface area contributed by atoms with E-state index in [9.17, 15) is 0 Å². The van der Waals surface area contributed by atoms with Gasteiger partial charge in [0.2, 0.25) is 0 Å². The van der Waals surface area contributed by atoms with Crippen molar-refractivity contribution < 1.29 is 4.74 Å². The van der Waals surface area contributed by atoms with Crippen LogP contribution in [0.4, 0.5) is 5.69 Å². The maximum atomic E-state index is 6.04. The molecule has 1 unspecified atom stereocenters. The van der Waals surface area contributed by atoms with Gasteiger partial charge in [0.15, 0.2) is 0 Å². The monoisotopic (exact) mass is 273 g/mol. The molecule has 19 heavy (non-hydrogen) atoms. The highest BCUT2D eigenvalue weighted by Gasteiger charge is 2.23. The van der Waals surface area contributed by atoms with Gasteiger partial charge in [-0.3, -0.25) is 0 Å². The summed E-state index contributed by atoms with van der Waals surface area (Å²) in [6, 6.07) is 14.5. The van der Waals surface area contributed by atoms with Crippen LogP contribution in [0.1, 0.15) is 23.6 Å². The maximum absolute atomic E-state index is 6.04. The molecule has 0 spiro atoms. The van der Waals surface area contributed by atoms with Crippen molar-refractivity contribution in [2.24, 2.45) is 0 Å². The van der Waals surface area contributed by atoms with Gasteiger partial charge in [0.1, 0.15) is 5.75 Å². The van der Waals surface area contributed by atoms with Crippen LogP contribution in [-0.2, 0) is 6.42 Å². The molecule has 1 atom stereocenters. The maximum Gasteiger partial charge on any atom is 0.141 e. The number of fused-ring (bicyclic) bond motifs is 1. The van der Waals surface area contributed by atoms with Crippen molar-refractivity contribution >= 4 is 17.3 Å². The summed E-state index contributed by atoms with van der Waals surface area (Å²) in [4.78, 5) is 0. The quantitative estimate of drug-likeness (QED) is 0.892. The molecule has 98 valence electrons. The van der Waals surface area contributed by atoms with E-state index in [1.165, 1.54) is 11.1 Å². The van der Waals surface area contributed by atoms with Gasteiger partial charge in [-0.2, -0.15) is 0 Å². The molecule has 0 heterocycles. The Bertz CT molecular complexity index is 597. The average molecular weight is 274 g/mol. The Morgan fingerprint density at radius 3 is 2.89 bits per heavy atom. The molecule has 0 bridgehead atoms. The highest BCUT2D eigenvalue weighted by atomic mass is 35.5. The summed E-state index contributed by atoms with van der Waals surface area (Å²) < 4.78 is 5.38. The number of para-hydroxylation sites is 2. The third-order valence-electron chi connectivity index (χ3n) is 3.62. The van der Waals surface area contributed by atoms with E-state index < -0.39 is 0 Å². The molecule has 0 saturated carbocycles. The predicted molar refractivity (Wildman–Crippen MR) is 79.1 cm³/mol. The van der Waals surface area contributed by atoms with Gasteiger partial charge in [0.25, 0.3) is 0 Å². The van der Waals surface area contributed by atoms with E-state index in [1.807, 2.05) is 30.3 Å². The second-order valence-electron chi connectivity index (χ2n) is 4.78. The number of ether oxygens (including phenoxy) is 1. The summed E-state index contributed by atoms with van der Waals surface area (Å²) in [5.41, 5.74) is 3.73. The normalized spacial score (nSPS) is 17.1. The fraction of sp³-hybridized carbons (Fsp3) is 0.250. The molecule has 0 aliphatic heterocycles. The highest BCUT2D eigenvalue weighted by molar-refractivity contribution is 6.30. The lowest BCUT2D eigenvalue weighted by Gasteiger charge is -2.17. The number of benzene rings is 2. The summed E-state index contributed by atoms with van der Waals surface area (Å²) >= 11 is 6.04. The zero-order valence-electron chi connectivity index (χ0n) is 10.8. The second-order valence-corrected chi connectivity index (χ2v) is 5.22. The van der Waals surface area contributed by atoms with E-state index in [4.69, 9.17) is 16.3 Å². The fourth-order valence-electron chi connectivity index (χ4n) is 2.69. The van der Waals surface area contributed by atoms with E-state index in [1.54, 1.807) is 7.11 Å². The van der Waals surface area contributed by atoms with Gasteiger partial charge in [0.05, 0.1) is 18.8 Å². The Hall–Kier alpha value is -1.67. The van der Waals surface area contributed by atoms with Crippen molar-refractivity contribution in [2.45, 2.75) is 18.9 Å². The van der Waals surface area contributed by atoms with Gasteiger partial charge in [-0.1, -0.05) is 29.8 Å². The van der Waals surface area contributed by atoms with Gasteiger partial charge < -0.3 is 10.1 Å². The Morgan fingerprint density at radius 2 is 2.05 bits per heavy atom. The second kappa shape index (κ2) is 5.14. The van der Waals surface area contributed by atoms with Crippen LogP contribution in [0.2, 0.25) is 5.02 Å². The lowest BCUT2D eigenvalue weighted by Crippen LogP contribution is -2.08. The van der Waals surface area contributed by atoms with Crippen LogP contribution in [0.15, 0.2) is 42.5 Å². The molecular weight excluding hydrogens is 258 g/mol. The molecule has 1 aliphatic rings. The van der Waals surface area contributed by atoms with Gasteiger partial charge in [-0.15, -0.1) is 0 Å². The van der Waals surface area contributed by atoms with Crippen molar-refractivity contribution in [1.29, 1.82) is 0 Å². The Kier molecular flexibility index (Phi) is 3.34. The molecule has 0 saturated heterocycles. The number of methoxy groups -OCH3 is 1. The van der Waals surface area contributed by atoms with Gasteiger partial charge in [0, 0.05) is 5.02 Å². The van der Waals surface area contributed by atoms with Crippen LogP contribution >= 0.6 is 11.6 Å². The van der Waals surface area contributed by atoms with Crippen molar-refractivity contribution in [1.82, 2.24) is 0 Å². The molecule has 0 radical (unpaired) electrons. The number of nitrogens with one attached hydrogen (secondary N) is 1. The minimum absolute atomic E-state index is 0.337. The first-order chi connectivity index (χ1) is 9.28. The number of hydrogen-bond donors (Lipinski definition) is 1. The number of aryl methyl sites for hydroxylation is 1. The number of anilines is 1. The van der Waals surface area contributed by atoms with E-state index in [0.717, 1.165) is 29.3 Å². The molecule has 2 aromatic carbocycles. The fourth-order valence-corrected chi connectivity index (χ4v) is 2.88. The van der Waals surface area contributed by atoms with Crippen molar-refractivity contribution in [3.8, 4) is 5.75 Å². The topological polar surface area (TPSA) is 21.3 Å². The Labute approximate surface area is 118 Å². The van der Waals surface area contributed by atoms with E-state index in [-0.39, 0.29) is 0 Å². The summed E-state index contributed by atoms with van der Waals surface area (Å²) in [7, 11) is 1.70. The summed E-state index contributed by atoms with van der Waals surface area (Å²) in [6.45, 7) is 0. The standard InChI is InChI=1S/C16H16ClNO/c1-19-16-5-3-2-4-15(16)18-14-9-6-11-10-12(17)7-8-13(11)14/h2-5,7-8,10,14,18H,6,9H2,1H3. The number of hydrogen-bond acceptors (Lipinski definition) is 2. The van der Waals surface area contributed by atoms with Gasteiger partial charge >= 0.3 is 0 Å². The zero-order chi connectivity index (χ0) is 13.2. The van der Waals surface area contributed by atoms with Crippen LogP contribution in [-0.4, -0.2) is 7.11 Å². The minimum atomic E-state index is 0.337. The Balaban J connectivity index is 1.87. The molecule has 3 rings (SSSR count). The smallest absolute Gasteiger partial charge is 0.141 e. The molecule has 0 amide bonds. The molecule has 3 heteroatoms. The van der Waals surface area contributed by atoms with Crippen LogP contribution in [0.3, 0.4) is 0 Å². The SMILES string of the molecule is COc1ccccc1NC1CCc2cc(Cl)ccc21. The first-order valence-corrected chi connectivity index (χ1v) is 6.83. The summed E-state index contributed by atoms with van der Waals surface area (Å²) in [6.07, 6.45) is 2.16. The minimum Gasteiger partial charge on any atom is -0.495 e.